The largest absolute Gasteiger partial charge is 0.497 e. The smallest absolute Gasteiger partial charge is 0.123 e. The molecule has 0 aliphatic rings. The number of hydrogen-bond acceptors (Lipinski definition) is 2. The van der Waals surface area contributed by atoms with Gasteiger partial charge in [0.25, 0.3) is 0 Å². The zero-order valence-corrected chi connectivity index (χ0v) is 13.8. The Morgan fingerprint density at radius 1 is 0.900 bits per heavy atom. The van der Waals surface area contributed by atoms with E-state index in [0.29, 0.717) is 0 Å². The monoisotopic (exact) mass is 334 g/mol. The molecule has 3 heteroatoms. The summed E-state index contributed by atoms with van der Waals surface area (Å²) in [7, 11) is 3.36. The second-order valence-electron chi connectivity index (χ2n) is 4.89. The van der Waals surface area contributed by atoms with Crippen LogP contribution in [-0.2, 0) is 0 Å². The van der Waals surface area contributed by atoms with Crippen molar-refractivity contribution in [3.8, 4) is 11.5 Å². The molecule has 0 fully saturated rings. The van der Waals surface area contributed by atoms with E-state index in [4.69, 9.17) is 9.47 Å². The normalized spacial score (nSPS) is 12.1. The van der Waals surface area contributed by atoms with Gasteiger partial charge in [-0.2, -0.15) is 0 Å². The fourth-order valence-corrected chi connectivity index (χ4v) is 3.00. The maximum absolute atomic E-state index is 5.46. The van der Waals surface area contributed by atoms with E-state index in [-0.39, 0.29) is 4.83 Å². The lowest BCUT2D eigenvalue weighted by Gasteiger charge is -2.17. The summed E-state index contributed by atoms with van der Waals surface area (Å²) in [6, 6.07) is 12.4. The lowest BCUT2D eigenvalue weighted by molar-refractivity contribution is 0.399. The molecule has 0 amide bonds. The molecule has 2 aromatic carbocycles. The topological polar surface area (TPSA) is 18.5 Å². The fraction of sp³-hybridized carbons (Fsp3) is 0.294. The van der Waals surface area contributed by atoms with Crippen molar-refractivity contribution in [3.63, 3.8) is 0 Å². The van der Waals surface area contributed by atoms with Gasteiger partial charge in [-0.25, -0.2) is 0 Å². The first kappa shape index (κ1) is 14.9. The Kier molecular flexibility index (Phi) is 4.71. The number of ether oxygens (including phenoxy) is 2. The summed E-state index contributed by atoms with van der Waals surface area (Å²) in [5.74, 6) is 1.68. The van der Waals surface area contributed by atoms with Crippen molar-refractivity contribution in [2.75, 3.05) is 14.2 Å². The molecule has 0 N–H and O–H groups in total. The first-order chi connectivity index (χ1) is 9.55. The van der Waals surface area contributed by atoms with Gasteiger partial charge in [0.1, 0.15) is 11.5 Å². The summed E-state index contributed by atoms with van der Waals surface area (Å²) in [4.78, 5) is 0.0751. The molecule has 0 bridgehead atoms. The molecule has 2 aromatic rings. The highest BCUT2D eigenvalue weighted by atomic mass is 79.9. The molecule has 1 unspecified atom stereocenters. The quantitative estimate of drug-likeness (QED) is 0.747. The average Bonchev–Trinajstić information content (AvgIpc) is 2.44. The van der Waals surface area contributed by atoms with Crippen LogP contribution in [-0.4, -0.2) is 14.2 Å². The average molecular weight is 335 g/mol. The lowest BCUT2D eigenvalue weighted by atomic mass is 10.00. The maximum atomic E-state index is 5.46. The summed E-state index contributed by atoms with van der Waals surface area (Å²) >= 11 is 3.78. The van der Waals surface area contributed by atoms with Gasteiger partial charge < -0.3 is 9.47 Å². The number of halogens is 1. The van der Waals surface area contributed by atoms with E-state index < -0.39 is 0 Å². The number of rotatable bonds is 4. The first-order valence-corrected chi connectivity index (χ1v) is 7.41. The van der Waals surface area contributed by atoms with Crippen LogP contribution in [0.15, 0.2) is 36.4 Å². The Bertz CT molecular complexity index is 588. The lowest BCUT2D eigenvalue weighted by Crippen LogP contribution is -1.99. The van der Waals surface area contributed by atoms with E-state index in [1.807, 2.05) is 18.2 Å². The molecule has 0 aromatic heterocycles. The van der Waals surface area contributed by atoms with Gasteiger partial charge in [0.2, 0.25) is 0 Å². The van der Waals surface area contributed by atoms with Crippen molar-refractivity contribution in [1.29, 1.82) is 0 Å². The number of methoxy groups -OCH3 is 2. The molecular formula is C17H19BrO2. The van der Waals surface area contributed by atoms with Crippen LogP contribution in [0.4, 0.5) is 0 Å². The van der Waals surface area contributed by atoms with Gasteiger partial charge in [0, 0.05) is 5.56 Å². The zero-order chi connectivity index (χ0) is 14.7. The molecule has 0 spiro atoms. The minimum Gasteiger partial charge on any atom is -0.497 e. The zero-order valence-electron chi connectivity index (χ0n) is 12.2. The Balaban J connectivity index is 2.48. The Hall–Kier alpha value is -1.48. The molecule has 0 aliphatic heterocycles. The standard InChI is InChI=1S/C17H19BrO2/c1-11-7-12(2)9-13(8-11)17(18)15-10-14(19-3)5-6-16(15)20-4/h5-10,17H,1-4H3. The highest BCUT2D eigenvalue weighted by molar-refractivity contribution is 9.09. The van der Waals surface area contributed by atoms with Crippen LogP contribution in [0.5, 0.6) is 11.5 Å². The molecule has 0 saturated heterocycles. The fourth-order valence-electron chi connectivity index (χ4n) is 2.37. The molecule has 20 heavy (non-hydrogen) atoms. The van der Waals surface area contributed by atoms with Crippen LogP contribution in [0, 0.1) is 13.8 Å². The van der Waals surface area contributed by atoms with Crippen molar-refractivity contribution in [1.82, 2.24) is 0 Å². The molecule has 0 radical (unpaired) electrons. The van der Waals surface area contributed by atoms with Crippen LogP contribution in [0.2, 0.25) is 0 Å². The number of benzene rings is 2. The van der Waals surface area contributed by atoms with Crippen molar-refractivity contribution < 1.29 is 9.47 Å². The van der Waals surface area contributed by atoms with Gasteiger partial charge in [-0.05, 0) is 37.6 Å². The van der Waals surface area contributed by atoms with Gasteiger partial charge in [-0.3, -0.25) is 0 Å². The molecular weight excluding hydrogens is 316 g/mol. The van der Waals surface area contributed by atoms with Crippen LogP contribution in [0.3, 0.4) is 0 Å². The third-order valence-electron chi connectivity index (χ3n) is 3.25. The van der Waals surface area contributed by atoms with Gasteiger partial charge in [-0.15, -0.1) is 0 Å². The summed E-state index contributed by atoms with van der Waals surface area (Å²) < 4.78 is 10.8. The third-order valence-corrected chi connectivity index (χ3v) is 4.27. The highest BCUT2D eigenvalue weighted by Crippen LogP contribution is 2.39. The van der Waals surface area contributed by atoms with Gasteiger partial charge in [0.05, 0.1) is 19.0 Å². The Labute approximate surface area is 128 Å². The van der Waals surface area contributed by atoms with Crippen LogP contribution in [0.1, 0.15) is 27.1 Å². The molecule has 0 heterocycles. The Morgan fingerprint density at radius 3 is 2.10 bits per heavy atom. The van der Waals surface area contributed by atoms with Crippen LogP contribution >= 0.6 is 15.9 Å². The van der Waals surface area contributed by atoms with E-state index in [1.54, 1.807) is 14.2 Å². The number of alkyl halides is 1. The van der Waals surface area contributed by atoms with Crippen molar-refractivity contribution in [3.05, 3.63) is 58.7 Å². The molecule has 2 rings (SSSR count). The summed E-state index contributed by atoms with van der Waals surface area (Å²) in [5.41, 5.74) is 4.79. The van der Waals surface area contributed by atoms with E-state index in [2.05, 4.69) is 48.0 Å². The predicted molar refractivity (Wildman–Crippen MR) is 86.2 cm³/mol. The second kappa shape index (κ2) is 6.31. The summed E-state index contributed by atoms with van der Waals surface area (Å²) in [5, 5.41) is 0. The van der Waals surface area contributed by atoms with Crippen LogP contribution in [0.25, 0.3) is 0 Å². The molecule has 1 atom stereocenters. The maximum Gasteiger partial charge on any atom is 0.123 e. The van der Waals surface area contributed by atoms with Crippen molar-refractivity contribution in [2.45, 2.75) is 18.7 Å². The molecule has 0 saturated carbocycles. The minimum atomic E-state index is 0.0751. The van der Waals surface area contributed by atoms with Gasteiger partial charge in [0.15, 0.2) is 0 Å². The molecule has 0 aliphatic carbocycles. The van der Waals surface area contributed by atoms with E-state index in [1.165, 1.54) is 16.7 Å². The summed E-state index contributed by atoms with van der Waals surface area (Å²) in [6.45, 7) is 4.22. The van der Waals surface area contributed by atoms with E-state index >= 15 is 0 Å². The molecule has 2 nitrogen and oxygen atoms in total. The SMILES string of the molecule is COc1ccc(OC)c(C(Br)c2cc(C)cc(C)c2)c1. The summed E-state index contributed by atoms with van der Waals surface area (Å²) in [6.07, 6.45) is 0. The van der Waals surface area contributed by atoms with Gasteiger partial charge >= 0.3 is 0 Å². The number of aryl methyl sites for hydroxylation is 2. The van der Waals surface area contributed by atoms with Crippen LogP contribution < -0.4 is 9.47 Å². The van der Waals surface area contributed by atoms with Gasteiger partial charge in [-0.1, -0.05) is 45.3 Å². The minimum absolute atomic E-state index is 0.0751. The second-order valence-corrected chi connectivity index (χ2v) is 5.81. The Morgan fingerprint density at radius 2 is 1.55 bits per heavy atom. The first-order valence-electron chi connectivity index (χ1n) is 6.49. The number of hydrogen-bond donors (Lipinski definition) is 0. The third kappa shape index (κ3) is 3.15. The predicted octanol–water partition coefficient (Wildman–Crippen LogP) is 4.80. The van der Waals surface area contributed by atoms with E-state index in [9.17, 15) is 0 Å². The van der Waals surface area contributed by atoms with Crippen molar-refractivity contribution in [2.24, 2.45) is 0 Å². The highest BCUT2D eigenvalue weighted by Gasteiger charge is 2.17. The van der Waals surface area contributed by atoms with E-state index in [0.717, 1.165) is 17.1 Å². The van der Waals surface area contributed by atoms with Crippen molar-refractivity contribution >= 4 is 15.9 Å². The molecule has 106 valence electrons.